The topological polar surface area (TPSA) is 46.2 Å². The molecule has 2 atom stereocenters. The molecule has 0 radical (unpaired) electrons. The first-order chi connectivity index (χ1) is 9.54. The van der Waals surface area contributed by atoms with Crippen LogP contribution in [0.2, 0.25) is 10.0 Å². The van der Waals surface area contributed by atoms with Crippen LogP contribution in [0.1, 0.15) is 23.1 Å². The highest BCUT2D eigenvalue weighted by Gasteiger charge is 2.24. The second kappa shape index (κ2) is 6.55. The van der Waals surface area contributed by atoms with Crippen LogP contribution in [0.15, 0.2) is 42.5 Å². The lowest BCUT2D eigenvalue weighted by atomic mass is 9.89. The highest BCUT2D eigenvalue weighted by Crippen LogP contribution is 2.34. The van der Waals surface area contributed by atoms with Gasteiger partial charge in [-0.1, -0.05) is 47.5 Å². The monoisotopic (exact) mass is 313 g/mol. The number of hydrogen-bond donors (Lipinski definition) is 2. The summed E-state index contributed by atoms with van der Waals surface area (Å²) in [6.45, 7) is 0.160. The normalized spacial score (nSPS) is 14.1. The van der Waals surface area contributed by atoms with Crippen molar-refractivity contribution < 1.29 is 9.50 Å². The van der Waals surface area contributed by atoms with E-state index in [0.717, 1.165) is 5.56 Å². The Balaban J connectivity index is 2.36. The van der Waals surface area contributed by atoms with E-state index >= 15 is 0 Å². The van der Waals surface area contributed by atoms with Gasteiger partial charge in [-0.15, -0.1) is 0 Å². The molecule has 2 unspecified atom stereocenters. The lowest BCUT2D eigenvalue weighted by Crippen LogP contribution is -2.21. The minimum atomic E-state index is -1.04. The van der Waals surface area contributed by atoms with Crippen LogP contribution in [0.5, 0.6) is 0 Å². The van der Waals surface area contributed by atoms with Crippen molar-refractivity contribution in [3.8, 4) is 0 Å². The molecule has 0 saturated carbocycles. The number of nitrogens with two attached hydrogens (primary N) is 1. The van der Waals surface area contributed by atoms with E-state index in [0.29, 0.717) is 10.0 Å². The van der Waals surface area contributed by atoms with Gasteiger partial charge in [0.25, 0.3) is 0 Å². The Morgan fingerprint density at radius 2 is 1.80 bits per heavy atom. The maximum atomic E-state index is 13.7. The molecule has 0 heterocycles. The van der Waals surface area contributed by atoms with Crippen LogP contribution in [-0.2, 0) is 0 Å². The fraction of sp³-hybridized carbons (Fsp3) is 0.200. The van der Waals surface area contributed by atoms with Crippen molar-refractivity contribution in [3.05, 3.63) is 69.5 Å². The van der Waals surface area contributed by atoms with Crippen molar-refractivity contribution in [2.75, 3.05) is 6.54 Å². The van der Waals surface area contributed by atoms with Crippen LogP contribution in [0.3, 0.4) is 0 Å². The Morgan fingerprint density at radius 1 is 1.10 bits per heavy atom. The van der Waals surface area contributed by atoms with Crippen LogP contribution in [0, 0.1) is 5.82 Å². The minimum absolute atomic E-state index is 0.160. The summed E-state index contributed by atoms with van der Waals surface area (Å²) in [7, 11) is 0. The molecule has 0 aliphatic heterocycles. The van der Waals surface area contributed by atoms with E-state index in [9.17, 15) is 9.50 Å². The van der Waals surface area contributed by atoms with Crippen molar-refractivity contribution in [1.29, 1.82) is 0 Å². The fourth-order valence-electron chi connectivity index (χ4n) is 2.12. The molecule has 2 nitrogen and oxygen atoms in total. The zero-order chi connectivity index (χ0) is 14.7. The number of halogens is 3. The smallest absolute Gasteiger partial charge is 0.129 e. The van der Waals surface area contributed by atoms with Gasteiger partial charge in [-0.05, 0) is 23.8 Å². The molecule has 0 aromatic heterocycles. The van der Waals surface area contributed by atoms with E-state index in [-0.39, 0.29) is 12.1 Å². The molecule has 2 aromatic carbocycles. The Kier molecular flexibility index (Phi) is 5.00. The van der Waals surface area contributed by atoms with E-state index < -0.39 is 17.8 Å². The number of aliphatic hydroxyl groups excluding tert-OH is 1. The molecule has 0 aliphatic rings. The predicted octanol–water partition coefficient (Wildman–Crippen LogP) is 3.91. The SMILES string of the molecule is NCC(c1ccc(Cl)c(Cl)c1)C(O)c1ccccc1F. The van der Waals surface area contributed by atoms with E-state index in [1.54, 1.807) is 36.4 Å². The van der Waals surface area contributed by atoms with Gasteiger partial charge in [0.15, 0.2) is 0 Å². The molecule has 20 heavy (non-hydrogen) atoms. The summed E-state index contributed by atoms with van der Waals surface area (Å²) in [6, 6.07) is 11.1. The third kappa shape index (κ3) is 3.13. The standard InChI is InChI=1S/C15H14Cl2FNO/c16-12-6-5-9(7-13(12)17)11(8-19)15(20)10-3-1-2-4-14(10)18/h1-7,11,15,20H,8,19H2. The van der Waals surface area contributed by atoms with Gasteiger partial charge in [0.05, 0.1) is 16.1 Å². The van der Waals surface area contributed by atoms with Crippen LogP contribution in [-0.4, -0.2) is 11.7 Å². The highest BCUT2D eigenvalue weighted by atomic mass is 35.5. The van der Waals surface area contributed by atoms with Crippen molar-refractivity contribution in [2.24, 2.45) is 5.73 Å². The van der Waals surface area contributed by atoms with E-state index in [2.05, 4.69) is 0 Å². The molecule has 106 valence electrons. The van der Waals surface area contributed by atoms with Gasteiger partial charge in [0.2, 0.25) is 0 Å². The molecule has 0 fully saturated rings. The molecule has 0 spiro atoms. The summed E-state index contributed by atoms with van der Waals surface area (Å²) in [5.41, 5.74) is 6.66. The van der Waals surface area contributed by atoms with Gasteiger partial charge >= 0.3 is 0 Å². The van der Waals surface area contributed by atoms with Crippen LogP contribution < -0.4 is 5.73 Å². The van der Waals surface area contributed by atoms with Crippen molar-refractivity contribution >= 4 is 23.2 Å². The van der Waals surface area contributed by atoms with Gasteiger partial charge in [-0.3, -0.25) is 0 Å². The average molecular weight is 314 g/mol. The van der Waals surface area contributed by atoms with E-state index in [1.165, 1.54) is 6.07 Å². The number of rotatable bonds is 4. The maximum absolute atomic E-state index is 13.7. The highest BCUT2D eigenvalue weighted by molar-refractivity contribution is 6.42. The predicted molar refractivity (Wildman–Crippen MR) is 79.6 cm³/mol. The van der Waals surface area contributed by atoms with Crippen LogP contribution >= 0.6 is 23.2 Å². The molecule has 5 heteroatoms. The van der Waals surface area contributed by atoms with E-state index in [4.69, 9.17) is 28.9 Å². The molecule has 0 amide bonds. The molecule has 2 rings (SSSR count). The Morgan fingerprint density at radius 3 is 2.40 bits per heavy atom. The largest absolute Gasteiger partial charge is 0.388 e. The quantitative estimate of drug-likeness (QED) is 0.899. The first-order valence-electron chi connectivity index (χ1n) is 6.12. The molecule has 0 saturated heterocycles. The minimum Gasteiger partial charge on any atom is -0.388 e. The fourth-order valence-corrected chi connectivity index (χ4v) is 2.43. The Hall–Kier alpha value is -1.13. The third-order valence-electron chi connectivity index (χ3n) is 3.23. The van der Waals surface area contributed by atoms with Crippen LogP contribution in [0.4, 0.5) is 4.39 Å². The number of hydrogen-bond acceptors (Lipinski definition) is 2. The van der Waals surface area contributed by atoms with Gasteiger partial charge < -0.3 is 10.8 Å². The molecule has 0 aliphatic carbocycles. The summed E-state index contributed by atoms with van der Waals surface area (Å²) in [5, 5.41) is 11.2. The lowest BCUT2D eigenvalue weighted by molar-refractivity contribution is 0.143. The summed E-state index contributed by atoms with van der Waals surface area (Å²) in [6.07, 6.45) is -1.04. The first-order valence-corrected chi connectivity index (χ1v) is 6.87. The Labute approximate surface area is 126 Å². The first kappa shape index (κ1) is 15.3. The molecule has 3 N–H and O–H groups in total. The molecule has 2 aromatic rings. The van der Waals surface area contributed by atoms with Crippen molar-refractivity contribution in [3.63, 3.8) is 0 Å². The molecular weight excluding hydrogens is 300 g/mol. The summed E-state index contributed by atoms with van der Waals surface area (Å²) >= 11 is 11.8. The van der Waals surface area contributed by atoms with Gasteiger partial charge in [0.1, 0.15) is 5.82 Å². The number of aliphatic hydroxyl groups is 1. The second-order valence-electron chi connectivity index (χ2n) is 4.48. The van der Waals surface area contributed by atoms with Crippen LogP contribution in [0.25, 0.3) is 0 Å². The third-order valence-corrected chi connectivity index (χ3v) is 3.97. The van der Waals surface area contributed by atoms with Crippen molar-refractivity contribution in [2.45, 2.75) is 12.0 Å². The zero-order valence-electron chi connectivity index (χ0n) is 10.6. The summed E-state index contributed by atoms with van der Waals surface area (Å²) < 4.78 is 13.7. The van der Waals surface area contributed by atoms with Gasteiger partial charge in [0, 0.05) is 18.0 Å². The lowest BCUT2D eigenvalue weighted by Gasteiger charge is -2.23. The average Bonchev–Trinajstić information content (AvgIpc) is 2.44. The van der Waals surface area contributed by atoms with E-state index in [1.807, 2.05) is 0 Å². The van der Waals surface area contributed by atoms with Gasteiger partial charge in [-0.2, -0.15) is 0 Å². The maximum Gasteiger partial charge on any atom is 0.129 e. The Bertz CT molecular complexity index is 606. The summed E-state index contributed by atoms with van der Waals surface area (Å²) in [5.74, 6) is -0.917. The van der Waals surface area contributed by atoms with Crippen molar-refractivity contribution in [1.82, 2.24) is 0 Å². The molecular formula is C15H14Cl2FNO. The summed E-state index contributed by atoms with van der Waals surface area (Å²) in [4.78, 5) is 0. The van der Waals surface area contributed by atoms with Gasteiger partial charge in [-0.25, -0.2) is 4.39 Å². The second-order valence-corrected chi connectivity index (χ2v) is 5.30. The number of benzene rings is 2. The molecule has 0 bridgehead atoms. The zero-order valence-corrected chi connectivity index (χ0v) is 12.1.